The van der Waals surface area contributed by atoms with E-state index in [1.165, 1.54) is 0 Å². The molecule has 136 valence electrons. The molecular formula is C20H26O5. The fourth-order valence-electron chi connectivity index (χ4n) is 3.64. The fraction of sp³-hybridized carbons (Fsp3) is 0.600. The van der Waals surface area contributed by atoms with Crippen molar-refractivity contribution in [1.82, 2.24) is 0 Å². The molecule has 5 unspecified atom stereocenters. The third kappa shape index (κ3) is 3.62. The quantitative estimate of drug-likeness (QED) is 0.316. The topological polar surface area (TPSA) is 76.1 Å². The highest BCUT2D eigenvalue weighted by atomic mass is 16.6. The van der Waals surface area contributed by atoms with Gasteiger partial charge in [0.1, 0.15) is 0 Å². The van der Waals surface area contributed by atoms with E-state index < -0.39 is 17.7 Å². The molecule has 0 aromatic heterocycles. The molecule has 1 aliphatic carbocycles. The zero-order valence-corrected chi connectivity index (χ0v) is 15.1. The molecule has 0 bridgehead atoms. The van der Waals surface area contributed by atoms with Crippen molar-refractivity contribution in [2.24, 2.45) is 5.92 Å². The average molecular weight is 346 g/mol. The monoisotopic (exact) mass is 346 g/mol. The molecule has 2 fully saturated rings. The summed E-state index contributed by atoms with van der Waals surface area (Å²) in [5.74, 6) is -1.03. The van der Waals surface area contributed by atoms with Gasteiger partial charge in [0.25, 0.3) is 0 Å². The fourth-order valence-corrected chi connectivity index (χ4v) is 3.64. The first-order valence-corrected chi connectivity index (χ1v) is 8.82. The van der Waals surface area contributed by atoms with Crippen LogP contribution in [0, 0.1) is 5.92 Å². The molecule has 5 atom stereocenters. The van der Waals surface area contributed by atoms with E-state index >= 15 is 0 Å². The molecule has 0 amide bonds. The van der Waals surface area contributed by atoms with Crippen LogP contribution in [0.25, 0.3) is 0 Å². The summed E-state index contributed by atoms with van der Waals surface area (Å²) >= 11 is 0. The van der Waals surface area contributed by atoms with Gasteiger partial charge in [0.15, 0.2) is 11.9 Å². The Morgan fingerprint density at radius 3 is 2.76 bits per heavy atom. The van der Waals surface area contributed by atoms with E-state index in [0.717, 1.165) is 0 Å². The van der Waals surface area contributed by atoms with E-state index in [2.05, 4.69) is 6.58 Å². The van der Waals surface area contributed by atoms with Crippen LogP contribution in [-0.4, -0.2) is 40.3 Å². The normalized spacial score (nSPS) is 42.2. The van der Waals surface area contributed by atoms with Gasteiger partial charge >= 0.3 is 5.97 Å². The van der Waals surface area contributed by atoms with Gasteiger partial charge in [-0.3, -0.25) is 4.79 Å². The van der Waals surface area contributed by atoms with Crippen molar-refractivity contribution in [3.63, 3.8) is 0 Å². The number of fused-ring (bicyclic) bond motifs is 2. The van der Waals surface area contributed by atoms with Gasteiger partial charge in [0.2, 0.25) is 0 Å². The van der Waals surface area contributed by atoms with Gasteiger partial charge in [-0.2, -0.15) is 0 Å². The second-order valence-electron chi connectivity index (χ2n) is 7.87. The maximum absolute atomic E-state index is 12.7. The highest BCUT2D eigenvalue weighted by molar-refractivity contribution is 6.04. The molecule has 2 heterocycles. The summed E-state index contributed by atoms with van der Waals surface area (Å²) in [7, 11) is 0. The lowest BCUT2D eigenvalue weighted by Gasteiger charge is -2.20. The number of allylic oxidation sites excluding steroid dienone is 1. The van der Waals surface area contributed by atoms with E-state index in [9.17, 15) is 14.7 Å². The number of epoxide rings is 1. The van der Waals surface area contributed by atoms with Crippen molar-refractivity contribution < 1.29 is 24.2 Å². The van der Waals surface area contributed by atoms with Gasteiger partial charge in [-0.05, 0) is 52.0 Å². The van der Waals surface area contributed by atoms with E-state index in [1.54, 1.807) is 26.0 Å². The van der Waals surface area contributed by atoms with E-state index in [-0.39, 0.29) is 23.4 Å². The molecule has 0 saturated carbocycles. The van der Waals surface area contributed by atoms with Crippen LogP contribution in [0.2, 0.25) is 0 Å². The zero-order valence-electron chi connectivity index (χ0n) is 15.1. The molecule has 2 aliphatic heterocycles. The lowest BCUT2D eigenvalue weighted by atomic mass is 9.84. The molecule has 0 spiro atoms. The van der Waals surface area contributed by atoms with Crippen LogP contribution >= 0.6 is 0 Å². The number of aliphatic hydroxyl groups is 1. The Labute approximate surface area is 148 Å². The maximum Gasteiger partial charge on any atom is 0.334 e. The maximum atomic E-state index is 12.7. The highest BCUT2D eigenvalue weighted by Gasteiger charge is 2.55. The van der Waals surface area contributed by atoms with Crippen LogP contribution in [0.15, 0.2) is 36.0 Å². The smallest absolute Gasteiger partial charge is 0.334 e. The van der Waals surface area contributed by atoms with E-state index in [1.807, 2.05) is 13.0 Å². The Kier molecular flexibility index (Phi) is 4.50. The van der Waals surface area contributed by atoms with Crippen molar-refractivity contribution >= 4 is 11.8 Å². The third-order valence-corrected chi connectivity index (χ3v) is 5.56. The minimum absolute atomic E-state index is 0.0547. The number of carbonyl (C=O) groups is 2. The molecule has 1 N–H and O–H groups in total. The number of hydrogen-bond donors (Lipinski definition) is 1. The number of ketones is 1. The largest absolute Gasteiger partial charge is 0.450 e. The molecule has 3 rings (SSSR count). The van der Waals surface area contributed by atoms with Crippen molar-refractivity contribution in [1.29, 1.82) is 0 Å². The van der Waals surface area contributed by atoms with Crippen molar-refractivity contribution in [3.05, 3.63) is 36.0 Å². The minimum atomic E-state index is -0.929. The Bertz CT molecular complexity index is 672. The Morgan fingerprint density at radius 2 is 2.04 bits per heavy atom. The average Bonchev–Trinajstić information content (AvgIpc) is 3.07. The third-order valence-electron chi connectivity index (χ3n) is 5.56. The summed E-state index contributed by atoms with van der Waals surface area (Å²) in [4.78, 5) is 24.7. The van der Waals surface area contributed by atoms with Gasteiger partial charge < -0.3 is 14.6 Å². The summed E-state index contributed by atoms with van der Waals surface area (Å²) in [5.41, 5.74) is -0.356. The molecule has 25 heavy (non-hydrogen) atoms. The van der Waals surface area contributed by atoms with Crippen LogP contribution in [0.3, 0.4) is 0 Å². The SMILES string of the molecule is C=C1C(=O)OC2C(=O)C(C)=CCCC(C)(O)C=CCC3(C)OC3CC12. The number of esters is 1. The molecule has 3 aliphatic rings. The Morgan fingerprint density at radius 1 is 1.32 bits per heavy atom. The predicted molar refractivity (Wildman–Crippen MR) is 92.8 cm³/mol. The van der Waals surface area contributed by atoms with Gasteiger partial charge in [0, 0.05) is 11.5 Å². The van der Waals surface area contributed by atoms with E-state index in [0.29, 0.717) is 36.8 Å². The van der Waals surface area contributed by atoms with Crippen molar-refractivity contribution in [3.8, 4) is 0 Å². The van der Waals surface area contributed by atoms with Crippen LogP contribution in [0.5, 0.6) is 0 Å². The lowest BCUT2D eigenvalue weighted by Crippen LogP contribution is -2.30. The number of hydrogen-bond acceptors (Lipinski definition) is 5. The Hall–Kier alpha value is -1.72. The molecule has 0 radical (unpaired) electrons. The summed E-state index contributed by atoms with van der Waals surface area (Å²) in [5, 5.41) is 10.4. The van der Waals surface area contributed by atoms with Crippen LogP contribution in [0.4, 0.5) is 0 Å². The van der Waals surface area contributed by atoms with Gasteiger partial charge in [-0.15, -0.1) is 0 Å². The first-order chi connectivity index (χ1) is 11.6. The number of rotatable bonds is 0. The predicted octanol–water partition coefficient (Wildman–Crippen LogP) is 2.64. The molecule has 0 aromatic rings. The molecular weight excluding hydrogens is 320 g/mol. The van der Waals surface area contributed by atoms with Crippen LogP contribution < -0.4 is 0 Å². The summed E-state index contributed by atoms with van der Waals surface area (Å²) < 4.78 is 11.1. The van der Waals surface area contributed by atoms with Crippen LogP contribution in [-0.2, 0) is 19.1 Å². The lowest BCUT2D eigenvalue weighted by molar-refractivity contribution is -0.145. The first-order valence-electron chi connectivity index (χ1n) is 8.82. The second kappa shape index (κ2) is 6.22. The van der Waals surface area contributed by atoms with Gasteiger partial charge in [-0.1, -0.05) is 24.8 Å². The van der Waals surface area contributed by atoms with Crippen LogP contribution in [0.1, 0.15) is 46.5 Å². The summed E-state index contributed by atoms with van der Waals surface area (Å²) in [6.07, 6.45) is 6.98. The standard InChI is InChI=1S/C20H26O5/c1-12-7-5-8-19(3,23)9-6-10-20(4)15(25-20)11-14-13(2)18(22)24-17(14)16(12)21/h6-7,9,14-15,17,23H,2,5,8,10-11H2,1,3-4H3. The second-order valence-corrected chi connectivity index (χ2v) is 7.87. The number of carbonyl (C=O) groups excluding carboxylic acids is 2. The molecule has 2 saturated heterocycles. The van der Waals surface area contributed by atoms with Crippen molar-refractivity contribution in [2.75, 3.05) is 0 Å². The molecule has 5 heteroatoms. The van der Waals surface area contributed by atoms with Gasteiger partial charge in [0.05, 0.1) is 17.3 Å². The highest BCUT2D eigenvalue weighted by Crippen LogP contribution is 2.46. The minimum Gasteiger partial charge on any atom is -0.450 e. The number of Topliss-reactive ketones (excluding diaryl/α,β-unsaturated/α-hetero) is 1. The zero-order chi connectivity index (χ0) is 18.4. The summed E-state index contributed by atoms with van der Waals surface area (Å²) in [6, 6.07) is 0. The van der Waals surface area contributed by atoms with Gasteiger partial charge in [-0.25, -0.2) is 4.79 Å². The number of ether oxygens (including phenoxy) is 2. The van der Waals surface area contributed by atoms with Crippen molar-refractivity contribution in [2.45, 2.75) is 69.9 Å². The Balaban J connectivity index is 1.88. The summed E-state index contributed by atoms with van der Waals surface area (Å²) in [6.45, 7) is 9.31. The van der Waals surface area contributed by atoms with E-state index in [4.69, 9.17) is 9.47 Å². The first kappa shape index (κ1) is 18.1. The molecule has 0 aromatic carbocycles. The molecule has 5 nitrogen and oxygen atoms in total.